The fourth-order valence-corrected chi connectivity index (χ4v) is 4.95. The van der Waals surface area contributed by atoms with Crippen LogP contribution in [0, 0.1) is 5.82 Å². The number of halogens is 1. The van der Waals surface area contributed by atoms with Gasteiger partial charge in [-0.15, -0.1) is 0 Å². The van der Waals surface area contributed by atoms with Crippen molar-refractivity contribution in [1.29, 1.82) is 0 Å². The van der Waals surface area contributed by atoms with E-state index in [0.717, 1.165) is 39.0 Å². The van der Waals surface area contributed by atoms with Crippen LogP contribution in [0.15, 0.2) is 103 Å². The van der Waals surface area contributed by atoms with Crippen LogP contribution < -0.4 is 10.1 Å². The minimum atomic E-state index is -0.253. The van der Waals surface area contributed by atoms with Crippen LogP contribution in [-0.2, 0) is 17.8 Å². The van der Waals surface area contributed by atoms with E-state index in [4.69, 9.17) is 4.74 Å². The summed E-state index contributed by atoms with van der Waals surface area (Å²) in [6.45, 7) is 1.11. The predicted octanol–water partition coefficient (Wildman–Crippen LogP) is 6.11. The average Bonchev–Trinajstić information content (AvgIpc) is 3.31. The van der Waals surface area contributed by atoms with Crippen LogP contribution in [0.3, 0.4) is 0 Å². The highest BCUT2D eigenvalue weighted by molar-refractivity contribution is 5.87. The Morgan fingerprint density at radius 3 is 2.50 bits per heavy atom. The van der Waals surface area contributed by atoms with Gasteiger partial charge in [-0.05, 0) is 47.5 Å². The lowest BCUT2D eigenvalue weighted by Gasteiger charge is -2.20. The number of amides is 1. The highest BCUT2D eigenvalue weighted by Gasteiger charge is 2.25. The van der Waals surface area contributed by atoms with Gasteiger partial charge in [-0.3, -0.25) is 9.78 Å². The van der Waals surface area contributed by atoms with Crippen molar-refractivity contribution < 1.29 is 13.9 Å². The summed E-state index contributed by atoms with van der Waals surface area (Å²) in [6.07, 6.45) is 4.82. The van der Waals surface area contributed by atoms with Gasteiger partial charge >= 0.3 is 0 Å². The lowest BCUT2D eigenvalue weighted by molar-refractivity contribution is -0.121. The van der Waals surface area contributed by atoms with E-state index in [0.29, 0.717) is 19.5 Å². The Labute approximate surface area is 221 Å². The van der Waals surface area contributed by atoms with E-state index >= 15 is 0 Å². The van der Waals surface area contributed by atoms with E-state index in [1.165, 1.54) is 12.1 Å². The smallest absolute Gasteiger partial charge is 0.220 e. The van der Waals surface area contributed by atoms with Crippen LogP contribution in [0.25, 0.3) is 10.9 Å². The second-order valence-electron chi connectivity index (χ2n) is 9.28. The van der Waals surface area contributed by atoms with E-state index < -0.39 is 0 Å². The van der Waals surface area contributed by atoms with E-state index in [9.17, 15) is 9.18 Å². The number of carbonyl (C=O) groups is 1. The van der Waals surface area contributed by atoms with Crippen molar-refractivity contribution in [3.05, 3.63) is 132 Å². The molecule has 1 amide bonds. The van der Waals surface area contributed by atoms with Gasteiger partial charge in [0.2, 0.25) is 5.91 Å². The molecule has 2 heterocycles. The molecule has 5 nitrogen and oxygen atoms in total. The summed E-state index contributed by atoms with van der Waals surface area (Å²) < 4.78 is 21.4. The molecule has 38 heavy (non-hydrogen) atoms. The Hall–Kier alpha value is -4.45. The highest BCUT2D eigenvalue weighted by atomic mass is 19.1. The topological polar surface area (TPSA) is 56.1 Å². The van der Waals surface area contributed by atoms with Gasteiger partial charge in [-0.1, -0.05) is 54.6 Å². The number of carbonyl (C=O) groups excluding carboxylic acids is 1. The van der Waals surface area contributed by atoms with Gasteiger partial charge in [-0.2, -0.15) is 0 Å². The van der Waals surface area contributed by atoms with Crippen molar-refractivity contribution in [1.82, 2.24) is 14.9 Å². The molecule has 0 saturated heterocycles. The molecule has 0 saturated carbocycles. The standard InChI is InChI=1S/C32H30FN3O2/c1-38-31-12-5-3-10-27(31)28(20-32(37)35-19-17-25-8-6-7-18-34-25)29-22-36(30-11-4-2-9-26(29)30)21-23-13-15-24(33)16-14-23/h2-16,18,22,28H,17,19-21H2,1H3,(H,35,37)/t28-/m1/s1. The van der Waals surface area contributed by atoms with Crippen molar-refractivity contribution in [3.63, 3.8) is 0 Å². The van der Waals surface area contributed by atoms with Gasteiger partial charge in [0, 0.05) is 66.4 Å². The minimum Gasteiger partial charge on any atom is -0.496 e. The van der Waals surface area contributed by atoms with Crippen molar-refractivity contribution in [2.24, 2.45) is 0 Å². The quantitative estimate of drug-likeness (QED) is 0.248. The van der Waals surface area contributed by atoms with Crippen molar-refractivity contribution in [2.75, 3.05) is 13.7 Å². The SMILES string of the molecule is COc1ccccc1[C@@H](CC(=O)NCCc1ccccn1)c1cn(Cc2ccc(F)cc2)c2ccccc12. The Bertz CT molecular complexity index is 1510. The van der Waals surface area contributed by atoms with Crippen LogP contribution in [0.4, 0.5) is 4.39 Å². The molecule has 6 heteroatoms. The van der Waals surface area contributed by atoms with Crippen LogP contribution in [0.5, 0.6) is 5.75 Å². The van der Waals surface area contributed by atoms with Crippen molar-refractivity contribution >= 4 is 16.8 Å². The molecular weight excluding hydrogens is 477 g/mol. The van der Waals surface area contributed by atoms with Gasteiger partial charge in [-0.25, -0.2) is 4.39 Å². The zero-order valence-corrected chi connectivity index (χ0v) is 21.3. The maximum absolute atomic E-state index is 13.5. The fraction of sp³-hybridized carbons (Fsp3) is 0.188. The van der Waals surface area contributed by atoms with Crippen LogP contribution in [-0.4, -0.2) is 29.1 Å². The maximum Gasteiger partial charge on any atom is 0.220 e. The molecule has 0 spiro atoms. The number of pyridine rings is 1. The average molecular weight is 508 g/mol. The van der Waals surface area contributed by atoms with Gasteiger partial charge in [0.25, 0.3) is 0 Å². The number of hydrogen-bond acceptors (Lipinski definition) is 3. The van der Waals surface area contributed by atoms with Crippen LogP contribution in [0.1, 0.15) is 34.7 Å². The fourth-order valence-electron chi connectivity index (χ4n) is 4.95. The Balaban J connectivity index is 1.47. The summed E-state index contributed by atoms with van der Waals surface area (Å²) in [5, 5.41) is 4.15. The summed E-state index contributed by atoms with van der Waals surface area (Å²) in [6, 6.07) is 28.4. The molecule has 2 aromatic heterocycles. The number of hydrogen-bond donors (Lipinski definition) is 1. The largest absolute Gasteiger partial charge is 0.496 e. The molecule has 0 radical (unpaired) electrons. The monoisotopic (exact) mass is 507 g/mol. The second-order valence-corrected chi connectivity index (χ2v) is 9.28. The first-order chi connectivity index (χ1) is 18.6. The van der Waals surface area contributed by atoms with Crippen molar-refractivity contribution in [3.8, 4) is 5.75 Å². The van der Waals surface area contributed by atoms with Gasteiger partial charge in [0.1, 0.15) is 11.6 Å². The van der Waals surface area contributed by atoms with Gasteiger partial charge in [0.05, 0.1) is 7.11 Å². The van der Waals surface area contributed by atoms with E-state index in [-0.39, 0.29) is 24.1 Å². The van der Waals surface area contributed by atoms with E-state index in [1.807, 2.05) is 54.6 Å². The number of para-hydroxylation sites is 2. The summed E-state index contributed by atoms with van der Waals surface area (Å²) in [5.41, 5.74) is 5.01. The maximum atomic E-state index is 13.5. The Morgan fingerprint density at radius 2 is 1.71 bits per heavy atom. The molecule has 0 aliphatic carbocycles. The third-order valence-corrected chi connectivity index (χ3v) is 6.79. The molecule has 5 rings (SSSR count). The van der Waals surface area contributed by atoms with Gasteiger partial charge in [0.15, 0.2) is 0 Å². The first-order valence-corrected chi connectivity index (χ1v) is 12.7. The normalized spacial score (nSPS) is 11.8. The lowest BCUT2D eigenvalue weighted by atomic mass is 9.87. The number of benzene rings is 3. The summed E-state index contributed by atoms with van der Waals surface area (Å²) in [4.78, 5) is 17.6. The molecule has 0 aliphatic rings. The molecule has 1 atom stereocenters. The highest BCUT2D eigenvalue weighted by Crippen LogP contribution is 2.38. The minimum absolute atomic E-state index is 0.0350. The van der Waals surface area contributed by atoms with E-state index in [2.05, 4.69) is 33.2 Å². The molecule has 0 aliphatic heterocycles. The summed E-state index contributed by atoms with van der Waals surface area (Å²) in [7, 11) is 1.65. The number of methoxy groups -OCH3 is 1. The third kappa shape index (κ3) is 5.75. The van der Waals surface area contributed by atoms with Crippen LogP contribution in [0.2, 0.25) is 0 Å². The van der Waals surface area contributed by atoms with Crippen LogP contribution >= 0.6 is 0 Å². The molecule has 0 unspecified atom stereocenters. The van der Waals surface area contributed by atoms with Gasteiger partial charge < -0.3 is 14.6 Å². The number of nitrogens with zero attached hydrogens (tertiary/aromatic N) is 2. The number of nitrogens with one attached hydrogen (secondary N) is 1. The number of aromatic nitrogens is 2. The summed E-state index contributed by atoms with van der Waals surface area (Å²) in [5.74, 6) is 0.235. The summed E-state index contributed by atoms with van der Waals surface area (Å²) >= 11 is 0. The zero-order chi connectivity index (χ0) is 26.3. The first-order valence-electron chi connectivity index (χ1n) is 12.7. The molecule has 5 aromatic rings. The van der Waals surface area contributed by atoms with Crippen molar-refractivity contribution in [2.45, 2.75) is 25.3 Å². The molecule has 0 bridgehead atoms. The number of fused-ring (bicyclic) bond motifs is 1. The third-order valence-electron chi connectivity index (χ3n) is 6.79. The molecular formula is C32H30FN3O2. The van der Waals surface area contributed by atoms with E-state index in [1.54, 1.807) is 25.4 Å². The zero-order valence-electron chi connectivity index (χ0n) is 21.3. The predicted molar refractivity (Wildman–Crippen MR) is 148 cm³/mol. The molecule has 192 valence electrons. The molecule has 1 N–H and O–H groups in total. The number of rotatable bonds is 10. The molecule has 0 fully saturated rings. The molecule has 3 aromatic carbocycles. The first kappa shape index (κ1) is 25.2. The number of ether oxygens (including phenoxy) is 1. The lowest BCUT2D eigenvalue weighted by Crippen LogP contribution is -2.27. The Morgan fingerprint density at radius 1 is 0.947 bits per heavy atom. The second kappa shape index (κ2) is 11.7. The Kier molecular flexibility index (Phi) is 7.78.